The maximum Gasteiger partial charge on any atom is 0.256 e. The van der Waals surface area contributed by atoms with E-state index in [0.29, 0.717) is 28.5 Å². The van der Waals surface area contributed by atoms with Gasteiger partial charge < -0.3 is 10.2 Å². The summed E-state index contributed by atoms with van der Waals surface area (Å²) in [7, 11) is -2.92. The highest BCUT2D eigenvalue weighted by Gasteiger charge is 2.33. The Balaban J connectivity index is 2.14. The van der Waals surface area contributed by atoms with Gasteiger partial charge >= 0.3 is 0 Å². The normalized spacial score (nSPS) is 13.6. The van der Waals surface area contributed by atoms with Crippen LogP contribution >= 0.6 is 11.3 Å². The van der Waals surface area contributed by atoms with E-state index in [4.69, 9.17) is 0 Å². The summed E-state index contributed by atoms with van der Waals surface area (Å²) in [5, 5.41) is 3.10. The molecule has 0 spiro atoms. The van der Waals surface area contributed by atoms with E-state index in [0.717, 1.165) is 4.88 Å². The largest absolute Gasteiger partial charge is 0.332 e. The zero-order valence-corrected chi connectivity index (χ0v) is 16.5. The molecule has 0 atom stereocenters. The summed E-state index contributed by atoms with van der Waals surface area (Å²) in [5.41, 5.74) is 2.34. The third-order valence-corrected chi connectivity index (χ3v) is 6.04. The molecule has 2 heterocycles. The molecule has 0 fully saturated rings. The van der Waals surface area contributed by atoms with Gasteiger partial charge in [-0.3, -0.25) is 9.59 Å². The summed E-state index contributed by atoms with van der Waals surface area (Å²) in [6, 6.07) is 3.34. The van der Waals surface area contributed by atoms with E-state index in [9.17, 15) is 18.0 Å². The molecule has 3 rings (SSSR count). The van der Waals surface area contributed by atoms with E-state index in [-0.39, 0.29) is 28.3 Å². The monoisotopic (exact) mass is 393 g/mol. The molecule has 1 N–H and O–H groups in total. The van der Waals surface area contributed by atoms with Crippen molar-refractivity contribution < 1.29 is 18.0 Å². The summed E-state index contributed by atoms with van der Waals surface area (Å²) in [4.78, 5) is 30.6. The highest BCUT2D eigenvalue weighted by atomic mass is 32.2. The molecule has 1 aromatic carbocycles. The molecule has 1 aromatic heterocycles. The van der Waals surface area contributed by atoms with Crippen LogP contribution in [0.5, 0.6) is 0 Å². The number of amides is 2. The maximum atomic E-state index is 12.6. The van der Waals surface area contributed by atoms with Crippen molar-refractivity contribution in [1.29, 1.82) is 0 Å². The molecule has 0 radical (unpaired) electrons. The highest BCUT2D eigenvalue weighted by Crippen LogP contribution is 2.38. The second-order valence-electron chi connectivity index (χ2n) is 6.43. The number of aryl methyl sites for hydroxylation is 1. The van der Waals surface area contributed by atoms with E-state index in [1.807, 2.05) is 19.9 Å². The number of rotatable bonds is 4. The molecule has 9 heteroatoms. The summed E-state index contributed by atoms with van der Waals surface area (Å²) in [6.07, 6.45) is 0. The molecule has 0 aliphatic carbocycles. The summed E-state index contributed by atoms with van der Waals surface area (Å²) in [6.45, 7) is 7.38. The molecule has 1 aliphatic heterocycles. The number of nitrogens with one attached hydrogen (secondary N) is 1. The summed E-state index contributed by atoms with van der Waals surface area (Å²) < 4.78 is 23.6. The van der Waals surface area contributed by atoms with Gasteiger partial charge in [-0.1, -0.05) is 11.3 Å². The lowest BCUT2D eigenvalue weighted by Gasteiger charge is -2.19. The first-order chi connectivity index (χ1) is 12.2. The van der Waals surface area contributed by atoms with Crippen LogP contribution in [-0.2, 0) is 22.0 Å². The van der Waals surface area contributed by atoms with E-state index in [1.54, 1.807) is 11.8 Å². The highest BCUT2D eigenvalue weighted by molar-refractivity contribution is 7.72. The van der Waals surface area contributed by atoms with Crippen LogP contribution < -0.4 is 5.32 Å². The van der Waals surface area contributed by atoms with Gasteiger partial charge in [-0.2, -0.15) is 0 Å². The van der Waals surface area contributed by atoms with Crippen molar-refractivity contribution in [2.24, 2.45) is 0 Å². The number of nitrogens with zero attached hydrogens (tertiary/aromatic N) is 2. The first-order valence-corrected chi connectivity index (χ1v) is 10.1. The van der Waals surface area contributed by atoms with Crippen LogP contribution in [0.1, 0.15) is 42.4 Å². The lowest BCUT2D eigenvalue weighted by molar-refractivity contribution is -0.114. The second kappa shape index (κ2) is 6.81. The van der Waals surface area contributed by atoms with Crippen molar-refractivity contribution in [3.8, 4) is 10.4 Å². The smallest absolute Gasteiger partial charge is 0.256 e. The molecule has 0 saturated carbocycles. The van der Waals surface area contributed by atoms with Gasteiger partial charge in [-0.05, 0) is 44.0 Å². The maximum absolute atomic E-state index is 12.6. The molecule has 2 amide bonds. The van der Waals surface area contributed by atoms with Crippen molar-refractivity contribution in [2.75, 3.05) is 5.32 Å². The molecule has 1 aliphatic rings. The molecule has 26 heavy (non-hydrogen) atoms. The molecule has 2 aromatic rings. The lowest BCUT2D eigenvalue weighted by Crippen LogP contribution is -2.31. The molecule has 7 nitrogen and oxygen atoms in total. The summed E-state index contributed by atoms with van der Waals surface area (Å²) >= 11 is 1.28. The minimum absolute atomic E-state index is 0.0211. The number of fused-ring (bicyclic) bond motifs is 1. The molecule has 0 saturated heterocycles. The van der Waals surface area contributed by atoms with E-state index in [1.165, 1.54) is 24.3 Å². The Morgan fingerprint density at radius 3 is 2.62 bits per heavy atom. The van der Waals surface area contributed by atoms with Crippen LogP contribution in [0.15, 0.2) is 17.0 Å². The molecule has 0 bridgehead atoms. The van der Waals surface area contributed by atoms with Crippen LogP contribution in [-0.4, -0.2) is 36.2 Å². The molecular weight excluding hydrogens is 374 g/mol. The van der Waals surface area contributed by atoms with Crippen LogP contribution in [0.3, 0.4) is 0 Å². The Morgan fingerprint density at radius 2 is 2.04 bits per heavy atom. The third-order valence-electron chi connectivity index (χ3n) is 4.18. The van der Waals surface area contributed by atoms with Crippen LogP contribution in [0, 0.1) is 6.92 Å². The van der Waals surface area contributed by atoms with Gasteiger partial charge in [0.05, 0.1) is 21.0 Å². The van der Waals surface area contributed by atoms with E-state index < -0.39 is 10.7 Å². The molecule has 0 unspecified atom stereocenters. The van der Waals surface area contributed by atoms with E-state index >= 15 is 0 Å². The van der Waals surface area contributed by atoms with Crippen molar-refractivity contribution in [1.82, 2.24) is 9.88 Å². The SMILES string of the molecule is CC(=O)Nc1nc(C)c(-c2cc3c(c([SH](=O)=O)c2)C(=O)N(C(C)C)C3)s1. The number of carbonyl (C=O) groups is 2. The van der Waals surface area contributed by atoms with Gasteiger partial charge in [0.2, 0.25) is 5.91 Å². The topological polar surface area (TPSA) is 96.4 Å². The number of aromatic nitrogens is 1. The first kappa shape index (κ1) is 18.5. The van der Waals surface area contributed by atoms with Crippen LogP contribution in [0.25, 0.3) is 10.4 Å². The molecule has 138 valence electrons. The minimum Gasteiger partial charge on any atom is -0.332 e. The lowest BCUT2D eigenvalue weighted by atomic mass is 10.0. The number of benzene rings is 1. The van der Waals surface area contributed by atoms with Gasteiger partial charge in [0, 0.05) is 19.5 Å². The predicted octanol–water partition coefficient (Wildman–Crippen LogP) is 2.41. The predicted molar refractivity (Wildman–Crippen MR) is 100 cm³/mol. The zero-order chi connectivity index (χ0) is 19.2. The van der Waals surface area contributed by atoms with Crippen molar-refractivity contribution in [2.45, 2.75) is 45.2 Å². The fraction of sp³-hybridized carbons (Fsp3) is 0.353. The Labute approximate surface area is 157 Å². The van der Waals surface area contributed by atoms with Gasteiger partial charge in [0.15, 0.2) is 15.8 Å². The second-order valence-corrected chi connectivity index (χ2v) is 8.42. The van der Waals surface area contributed by atoms with Gasteiger partial charge in [0.25, 0.3) is 5.91 Å². The zero-order valence-electron chi connectivity index (χ0n) is 14.8. The number of hydrogen-bond donors (Lipinski definition) is 2. The van der Waals surface area contributed by atoms with Crippen LogP contribution in [0.4, 0.5) is 5.13 Å². The number of thiol groups is 1. The Bertz CT molecular complexity index is 984. The molecular formula is C17H19N3O4S2. The minimum atomic E-state index is -2.92. The third kappa shape index (κ3) is 3.24. The van der Waals surface area contributed by atoms with Gasteiger partial charge in [0.1, 0.15) is 0 Å². The van der Waals surface area contributed by atoms with Gasteiger partial charge in [-0.25, -0.2) is 13.4 Å². The fourth-order valence-electron chi connectivity index (χ4n) is 3.02. The number of hydrogen-bond acceptors (Lipinski definition) is 6. The average Bonchev–Trinajstić information content (AvgIpc) is 3.06. The first-order valence-electron chi connectivity index (χ1n) is 8.06. The number of thiazole rings is 1. The van der Waals surface area contributed by atoms with Crippen LogP contribution in [0.2, 0.25) is 0 Å². The number of anilines is 1. The quantitative estimate of drug-likeness (QED) is 0.778. The van der Waals surface area contributed by atoms with Crippen molar-refractivity contribution >= 4 is 39.0 Å². The number of carbonyl (C=O) groups excluding carboxylic acids is 2. The average molecular weight is 393 g/mol. The Hall–Kier alpha value is -2.26. The van der Waals surface area contributed by atoms with E-state index in [2.05, 4.69) is 10.3 Å². The standard InChI is InChI=1S/C17H19N3O4S2/c1-8(2)20-7-12-5-11(6-13(26(23)24)14(12)16(20)22)15-9(3)18-17(25-15)19-10(4)21/h5-6,8,26H,7H2,1-4H3,(H,18,19,21). The Kier molecular flexibility index (Phi) is 4.85. The van der Waals surface area contributed by atoms with Crippen molar-refractivity contribution in [3.63, 3.8) is 0 Å². The Morgan fingerprint density at radius 1 is 1.35 bits per heavy atom. The summed E-state index contributed by atoms with van der Waals surface area (Å²) in [5.74, 6) is -0.475. The fourth-order valence-corrected chi connectivity index (χ4v) is 4.68. The van der Waals surface area contributed by atoms with Crippen molar-refractivity contribution in [3.05, 3.63) is 29.0 Å². The van der Waals surface area contributed by atoms with Gasteiger partial charge in [-0.15, -0.1) is 0 Å².